The van der Waals surface area contributed by atoms with E-state index < -0.39 is 11.7 Å². The summed E-state index contributed by atoms with van der Waals surface area (Å²) in [5.41, 5.74) is 11.9. The number of primary amides is 1. The SMILES string of the molecule is NC(=O)c1cccc(N)c1OCc1cc(F)ccc1Cl. The summed E-state index contributed by atoms with van der Waals surface area (Å²) in [5.74, 6) is -0.915. The van der Waals surface area contributed by atoms with Gasteiger partial charge >= 0.3 is 0 Å². The quantitative estimate of drug-likeness (QED) is 0.851. The summed E-state index contributed by atoms with van der Waals surface area (Å²) in [5, 5.41) is 0.363. The van der Waals surface area contributed by atoms with Crippen LogP contribution in [-0.4, -0.2) is 5.91 Å². The number of amides is 1. The van der Waals surface area contributed by atoms with E-state index in [9.17, 15) is 9.18 Å². The fourth-order valence-electron chi connectivity index (χ4n) is 1.71. The van der Waals surface area contributed by atoms with Gasteiger partial charge in [0.15, 0.2) is 5.75 Å². The first kappa shape index (κ1) is 14.1. The van der Waals surface area contributed by atoms with Crippen LogP contribution >= 0.6 is 11.6 Å². The number of rotatable bonds is 4. The minimum Gasteiger partial charge on any atom is -0.486 e. The molecule has 2 rings (SSSR count). The van der Waals surface area contributed by atoms with Crippen molar-refractivity contribution in [2.75, 3.05) is 5.73 Å². The second-order valence-electron chi connectivity index (χ2n) is 4.11. The van der Waals surface area contributed by atoms with Crippen LogP contribution in [0.4, 0.5) is 10.1 Å². The zero-order valence-electron chi connectivity index (χ0n) is 10.4. The molecule has 0 unspecified atom stereocenters. The van der Waals surface area contributed by atoms with Crippen LogP contribution in [0.2, 0.25) is 5.02 Å². The van der Waals surface area contributed by atoms with Crippen molar-refractivity contribution in [1.29, 1.82) is 0 Å². The molecule has 0 bridgehead atoms. The maximum absolute atomic E-state index is 13.1. The van der Waals surface area contributed by atoms with Crippen molar-refractivity contribution in [3.8, 4) is 5.75 Å². The predicted molar refractivity (Wildman–Crippen MR) is 75.1 cm³/mol. The Hall–Kier alpha value is -2.27. The van der Waals surface area contributed by atoms with Gasteiger partial charge in [0.05, 0.1) is 11.3 Å². The van der Waals surface area contributed by atoms with Crippen LogP contribution in [0.5, 0.6) is 5.75 Å². The number of para-hydroxylation sites is 1. The number of carbonyl (C=O) groups is 1. The van der Waals surface area contributed by atoms with Gasteiger partial charge in [0.2, 0.25) is 0 Å². The topological polar surface area (TPSA) is 78.3 Å². The Labute approximate surface area is 120 Å². The monoisotopic (exact) mass is 294 g/mol. The number of nitrogens with two attached hydrogens (primary N) is 2. The summed E-state index contributed by atoms with van der Waals surface area (Å²) in [4.78, 5) is 11.3. The number of nitrogen functional groups attached to an aromatic ring is 1. The second kappa shape index (κ2) is 5.79. The molecule has 0 saturated carbocycles. The molecule has 0 atom stereocenters. The minimum atomic E-state index is -0.655. The van der Waals surface area contributed by atoms with Gasteiger partial charge in [0.1, 0.15) is 12.4 Å². The lowest BCUT2D eigenvalue weighted by atomic mass is 10.1. The number of benzene rings is 2. The highest BCUT2D eigenvalue weighted by atomic mass is 35.5. The number of hydrogen-bond acceptors (Lipinski definition) is 3. The first-order valence-electron chi connectivity index (χ1n) is 5.74. The van der Waals surface area contributed by atoms with Crippen LogP contribution in [0.15, 0.2) is 36.4 Å². The van der Waals surface area contributed by atoms with Crippen LogP contribution in [0.1, 0.15) is 15.9 Å². The summed E-state index contributed by atoms with van der Waals surface area (Å²) >= 11 is 5.94. The van der Waals surface area contributed by atoms with E-state index in [0.29, 0.717) is 10.6 Å². The minimum absolute atomic E-state index is 0.0227. The second-order valence-corrected chi connectivity index (χ2v) is 4.52. The van der Waals surface area contributed by atoms with E-state index in [0.717, 1.165) is 0 Å². The number of ether oxygens (including phenoxy) is 1. The molecule has 0 saturated heterocycles. The summed E-state index contributed by atoms with van der Waals surface area (Å²) < 4.78 is 18.6. The van der Waals surface area contributed by atoms with Crippen molar-refractivity contribution in [1.82, 2.24) is 0 Å². The molecule has 0 radical (unpaired) electrons. The number of hydrogen-bond donors (Lipinski definition) is 2. The van der Waals surface area contributed by atoms with Crippen LogP contribution in [0, 0.1) is 5.82 Å². The zero-order chi connectivity index (χ0) is 14.7. The molecule has 0 aliphatic carbocycles. The van der Waals surface area contributed by atoms with Crippen molar-refractivity contribution in [3.05, 3.63) is 58.4 Å². The number of halogens is 2. The van der Waals surface area contributed by atoms with Crippen molar-refractivity contribution in [2.24, 2.45) is 5.73 Å². The Kier molecular flexibility index (Phi) is 4.10. The van der Waals surface area contributed by atoms with Crippen molar-refractivity contribution in [2.45, 2.75) is 6.61 Å². The molecular formula is C14H12ClFN2O2. The molecule has 2 aromatic rings. The molecule has 0 fully saturated rings. The zero-order valence-corrected chi connectivity index (χ0v) is 11.2. The molecule has 0 aliphatic rings. The standard InChI is InChI=1S/C14H12ClFN2O2/c15-11-5-4-9(16)6-8(11)7-20-13-10(14(18)19)2-1-3-12(13)17/h1-6H,7,17H2,(H2,18,19). The third kappa shape index (κ3) is 3.00. The van der Waals surface area contributed by atoms with Gasteiger partial charge in [-0.2, -0.15) is 0 Å². The van der Waals surface area contributed by atoms with Crippen LogP contribution < -0.4 is 16.2 Å². The lowest BCUT2D eigenvalue weighted by Gasteiger charge is -2.12. The summed E-state index contributed by atoms with van der Waals surface area (Å²) in [7, 11) is 0. The maximum atomic E-state index is 13.1. The van der Waals surface area contributed by atoms with E-state index in [1.807, 2.05) is 0 Å². The molecule has 0 spiro atoms. The maximum Gasteiger partial charge on any atom is 0.252 e. The normalized spacial score (nSPS) is 10.3. The number of anilines is 1. The molecule has 0 heterocycles. The van der Waals surface area contributed by atoms with Gasteiger partial charge in [0.25, 0.3) is 5.91 Å². The van der Waals surface area contributed by atoms with Gasteiger partial charge in [0, 0.05) is 10.6 Å². The third-order valence-corrected chi connectivity index (χ3v) is 3.06. The molecule has 4 nitrogen and oxygen atoms in total. The number of carbonyl (C=O) groups excluding carboxylic acids is 1. The summed E-state index contributed by atoms with van der Waals surface area (Å²) in [6.45, 7) is -0.0227. The molecule has 6 heteroatoms. The lowest BCUT2D eigenvalue weighted by Crippen LogP contribution is -2.14. The van der Waals surface area contributed by atoms with Crippen LogP contribution in [0.25, 0.3) is 0 Å². The first-order valence-corrected chi connectivity index (χ1v) is 6.12. The van der Waals surface area contributed by atoms with E-state index >= 15 is 0 Å². The van der Waals surface area contributed by atoms with E-state index in [2.05, 4.69) is 0 Å². The largest absolute Gasteiger partial charge is 0.486 e. The smallest absolute Gasteiger partial charge is 0.252 e. The van der Waals surface area contributed by atoms with Gasteiger partial charge in [-0.15, -0.1) is 0 Å². The molecule has 1 amide bonds. The highest BCUT2D eigenvalue weighted by Crippen LogP contribution is 2.28. The Morgan fingerprint density at radius 1 is 1.30 bits per heavy atom. The predicted octanol–water partition coefficient (Wildman–Crippen LogP) is 2.74. The van der Waals surface area contributed by atoms with Gasteiger partial charge in [-0.05, 0) is 30.3 Å². The fourth-order valence-corrected chi connectivity index (χ4v) is 1.89. The van der Waals surface area contributed by atoms with Gasteiger partial charge in [-0.3, -0.25) is 4.79 Å². The van der Waals surface area contributed by atoms with Gasteiger partial charge < -0.3 is 16.2 Å². The molecule has 4 N–H and O–H groups in total. The molecule has 104 valence electrons. The van der Waals surface area contributed by atoms with E-state index in [1.165, 1.54) is 24.3 Å². The third-order valence-electron chi connectivity index (χ3n) is 2.69. The molecule has 20 heavy (non-hydrogen) atoms. The first-order chi connectivity index (χ1) is 9.49. The average Bonchev–Trinajstić information content (AvgIpc) is 2.40. The van der Waals surface area contributed by atoms with Crippen LogP contribution in [0.3, 0.4) is 0 Å². The fraction of sp³-hybridized carbons (Fsp3) is 0.0714. The Bertz CT molecular complexity index is 662. The van der Waals surface area contributed by atoms with E-state index in [1.54, 1.807) is 12.1 Å². The Balaban J connectivity index is 2.27. The average molecular weight is 295 g/mol. The van der Waals surface area contributed by atoms with Crippen molar-refractivity contribution < 1.29 is 13.9 Å². The molecular weight excluding hydrogens is 283 g/mol. The molecule has 0 aliphatic heterocycles. The van der Waals surface area contributed by atoms with Gasteiger partial charge in [-0.1, -0.05) is 17.7 Å². The molecule has 0 aromatic heterocycles. The Morgan fingerprint density at radius 3 is 2.75 bits per heavy atom. The van der Waals surface area contributed by atoms with Crippen LogP contribution in [-0.2, 0) is 6.61 Å². The van der Waals surface area contributed by atoms with E-state index in [4.69, 9.17) is 27.8 Å². The highest BCUT2D eigenvalue weighted by Gasteiger charge is 2.13. The Morgan fingerprint density at radius 2 is 2.05 bits per heavy atom. The van der Waals surface area contributed by atoms with Gasteiger partial charge in [-0.25, -0.2) is 4.39 Å². The van der Waals surface area contributed by atoms with E-state index in [-0.39, 0.29) is 23.6 Å². The van der Waals surface area contributed by atoms with Crippen molar-refractivity contribution in [3.63, 3.8) is 0 Å². The summed E-state index contributed by atoms with van der Waals surface area (Å²) in [6, 6.07) is 8.61. The summed E-state index contributed by atoms with van der Waals surface area (Å²) in [6.07, 6.45) is 0. The molecule has 2 aromatic carbocycles. The van der Waals surface area contributed by atoms with Crippen molar-refractivity contribution >= 4 is 23.2 Å². The lowest BCUT2D eigenvalue weighted by molar-refractivity contribution is 0.0996. The highest BCUT2D eigenvalue weighted by molar-refractivity contribution is 6.31.